The molecule has 0 saturated carbocycles. The lowest BCUT2D eigenvalue weighted by Gasteiger charge is -2.09. The van der Waals surface area contributed by atoms with Crippen molar-refractivity contribution in [1.82, 2.24) is 10.2 Å². The summed E-state index contributed by atoms with van der Waals surface area (Å²) in [6, 6.07) is 6.38. The molecule has 3 nitrogen and oxygen atoms in total. The van der Waals surface area contributed by atoms with Gasteiger partial charge in [-0.25, -0.2) is 4.39 Å². The van der Waals surface area contributed by atoms with Crippen LogP contribution in [0.1, 0.15) is 18.4 Å². The number of unbranched alkanes of at least 4 members (excludes halogenated alkanes) is 1. The molecule has 0 atom stereocenters. The van der Waals surface area contributed by atoms with Crippen LogP contribution in [-0.2, 0) is 11.2 Å². The van der Waals surface area contributed by atoms with Crippen LogP contribution in [0.25, 0.3) is 0 Å². The molecule has 18 heavy (non-hydrogen) atoms. The standard InChI is InChI=1S/C14H21FN2O/c1-17(2)10-6-5-9-16-14(18)11-12-7-3-4-8-13(12)15/h3-4,7-8H,5-6,9-11H2,1-2H3,(H,16,18). The van der Waals surface area contributed by atoms with E-state index >= 15 is 0 Å². The highest BCUT2D eigenvalue weighted by Crippen LogP contribution is 2.06. The Kier molecular flexibility index (Phi) is 6.36. The Hall–Kier alpha value is -1.42. The van der Waals surface area contributed by atoms with Gasteiger partial charge >= 0.3 is 0 Å². The van der Waals surface area contributed by atoms with E-state index < -0.39 is 0 Å². The van der Waals surface area contributed by atoms with E-state index in [1.807, 2.05) is 14.1 Å². The zero-order chi connectivity index (χ0) is 13.4. The molecule has 0 aliphatic rings. The highest BCUT2D eigenvalue weighted by atomic mass is 19.1. The lowest BCUT2D eigenvalue weighted by molar-refractivity contribution is -0.120. The number of benzene rings is 1. The predicted octanol–water partition coefficient (Wildman–Crippen LogP) is 1.83. The summed E-state index contributed by atoms with van der Waals surface area (Å²) in [7, 11) is 4.05. The fourth-order valence-corrected chi connectivity index (χ4v) is 1.66. The van der Waals surface area contributed by atoms with Gasteiger partial charge in [0.25, 0.3) is 0 Å². The smallest absolute Gasteiger partial charge is 0.224 e. The van der Waals surface area contributed by atoms with Crippen molar-refractivity contribution in [3.63, 3.8) is 0 Å². The number of hydrogen-bond acceptors (Lipinski definition) is 2. The Morgan fingerprint density at radius 2 is 2.00 bits per heavy atom. The molecule has 1 rings (SSSR count). The van der Waals surface area contributed by atoms with Gasteiger partial charge in [0, 0.05) is 6.54 Å². The van der Waals surface area contributed by atoms with Crippen LogP contribution < -0.4 is 5.32 Å². The fourth-order valence-electron chi connectivity index (χ4n) is 1.66. The molecule has 1 aromatic carbocycles. The summed E-state index contributed by atoms with van der Waals surface area (Å²) < 4.78 is 13.3. The van der Waals surface area contributed by atoms with Gasteiger partial charge in [0.2, 0.25) is 5.91 Å². The number of rotatable bonds is 7. The molecule has 0 spiro atoms. The zero-order valence-corrected chi connectivity index (χ0v) is 11.1. The van der Waals surface area contributed by atoms with Crippen LogP contribution in [0.15, 0.2) is 24.3 Å². The zero-order valence-electron chi connectivity index (χ0n) is 11.1. The first kappa shape index (κ1) is 14.6. The number of carbonyl (C=O) groups is 1. The van der Waals surface area contributed by atoms with E-state index in [2.05, 4.69) is 10.2 Å². The summed E-state index contributed by atoms with van der Waals surface area (Å²) in [6.07, 6.45) is 2.11. The number of carbonyl (C=O) groups excluding carboxylic acids is 1. The van der Waals surface area contributed by atoms with Crippen LogP contribution in [0.4, 0.5) is 4.39 Å². The van der Waals surface area contributed by atoms with Crippen molar-refractivity contribution in [3.8, 4) is 0 Å². The molecule has 1 aromatic rings. The number of nitrogens with one attached hydrogen (secondary N) is 1. The molecule has 1 N–H and O–H groups in total. The van der Waals surface area contributed by atoms with Gasteiger partial charge in [-0.2, -0.15) is 0 Å². The van der Waals surface area contributed by atoms with Crippen LogP contribution >= 0.6 is 0 Å². The van der Waals surface area contributed by atoms with E-state index in [1.165, 1.54) is 6.07 Å². The molecule has 0 saturated heterocycles. The predicted molar refractivity (Wildman–Crippen MR) is 70.9 cm³/mol. The summed E-state index contributed by atoms with van der Waals surface area (Å²) in [5.41, 5.74) is 0.447. The third-order valence-electron chi connectivity index (χ3n) is 2.66. The largest absolute Gasteiger partial charge is 0.356 e. The van der Waals surface area contributed by atoms with E-state index in [-0.39, 0.29) is 18.1 Å². The van der Waals surface area contributed by atoms with Crippen molar-refractivity contribution in [2.24, 2.45) is 0 Å². The van der Waals surface area contributed by atoms with Crippen LogP contribution in [0.3, 0.4) is 0 Å². The molecule has 0 radical (unpaired) electrons. The van der Waals surface area contributed by atoms with E-state index in [1.54, 1.807) is 18.2 Å². The van der Waals surface area contributed by atoms with Gasteiger partial charge in [-0.3, -0.25) is 4.79 Å². The summed E-state index contributed by atoms with van der Waals surface area (Å²) >= 11 is 0. The van der Waals surface area contributed by atoms with Crippen LogP contribution in [0, 0.1) is 5.82 Å². The molecule has 0 unspecified atom stereocenters. The number of nitrogens with zero attached hydrogens (tertiary/aromatic N) is 1. The van der Waals surface area contributed by atoms with Gasteiger partial charge < -0.3 is 10.2 Å². The summed E-state index contributed by atoms with van der Waals surface area (Å²) in [5.74, 6) is -0.440. The molecule has 0 aliphatic heterocycles. The molecule has 100 valence electrons. The first-order valence-corrected chi connectivity index (χ1v) is 6.24. The molecule has 0 fully saturated rings. The van der Waals surface area contributed by atoms with E-state index in [0.717, 1.165) is 19.4 Å². The molecule has 4 heteroatoms. The second-order valence-corrected chi connectivity index (χ2v) is 4.63. The Bertz CT molecular complexity index is 380. The number of hydrogen-bond donors (Lipinski definition) is 1. The van der Waals surface area contributed by atoms with Gasteiger partial charge in [0.05, 0.1) is 6.42 Å². The quantitative estimate of drug-likeness (QED) is 0.751. The van der Waals surface area contributed by atoms with E-state index in [4.69, 9.17) is 0 Å². The minimum atomic E-state index is -0.319. The Labute approximate surface area is 108 Å². The summed E-state index contributed by atoms with van der Waals surface area (Å²) in [4.78, 5) is 13.7. The maximum Gasteiger partial charge on any atom is 0.224 e. The van der Waals surface area contributed by atoms with Crippen LogP contribution in [-0.4, -0.2) is 38.0 Å². The fraction of sp³-hybridized carbons (Fsp3) is 0.500. The second kappa shape index (κ2) is 7.82. The molecule has 0 aromatic heterocycles. The number of amides is 1. The SMILES string of the molecule is CN(C)CCCCNC(=O)Cc1ccccc1F. The summed E-state index contributed by atoms with van der Waals surface area (Å²) in [6.45, 7) is 1.67. The van der Waals surface area contributed by atoms with Crippen molar-refractivity contribution in [2.45, 2.75) is 19.3 Å². The number of halogens is 1. The van der Waals surface area contributed by atoms with Crippen molar-refractivity contribution in [3.05, 3.63) is 35.6 Å². The van der Waals surface area contributed by atoms with Crippen molar-refractivity contribution < 1.29 is 9.18 Å². The topological polar surface area (TPSA) is 32.3 Å². The molecular formula is C14H21FN2O. The summed E-state index contributed by atoms with van der Waals surface area (Å²) in [5, 5.41) is 2.81. The highest BCUT2D eigenvalue weighted by molar-refractivity contribution is 5.78. The van der Waals surface area contributed by atoms with Gasteiger partial charge in [-0.1, -0.05) is 18.2 Å². The Morgan fingerprint density at radius 1 is 1.28 bits per heavy atom. The minimum Gasteiger partial charge on any atom is -0.356 e. The molecule has 1 amide bonds. The molecular weight excluding hydrogens is 231 g/mol. The maximum absolute atomic E-state index is 13.3. The second-order valence-electron chi connectivity index (χ2n) is 4.63. The first-order chi connectivity index (χ1) is 8.59. The average Bonchev–Trinajstić information content (AvgIpc) is 2.31. The minimum absolute atomic E-state index is 0.111. The van der Waals surface area contributed by atoms with E-state index in [9.17, 15) is 9.18 Å². The van der Waals surface area contributed by atoms with Crippen molar-refractivity contribution in [2.75, 3.05) is 27.2 Å². The highest BCUT2D eigenvalue weighted by Gasteiger charge is 2.06. The van der Waals surface area contributed by atoms with Crippen LogP contribution in [0.5, 0.6) is 0 Å². The van der Waals surface area contributed by atoms with E-state index in [0.29, 0.717) is 12.1 Å². The lowest BCUT2D eigenvalue weighted by Crippen LogP contribution is -2.27. The average molecular weight is 252 g/mol. The Morgan fingerprint density at radius 3 is 2.67 bits per heavy atom. The third kappa shape index (κ3) is 5.77. The Balaban J connectivity index is 2.20. The normalized spacial score (nSPS) is 10.7. The van der Waals surface area contributed by atoms with Crippen molar-refractivity contribution in [1.29, 1.82) is 0 Å². The molecule has 0 aliphatic carbocycles. The maximum atomic E-state index is 13.3. The van der Waals surface area contributed by atoms with Gasteiger partial charge in [-0.05, 0) is 45.1 Å². The monoisotopic (exact) mass is 252 g/mol. The van der Waals surface area contributed by atoms with Crippen molar-refractivity contribution >= 4 is 5.91 Å². The third-order valence-corrected chi connectivity index (χ3v) is 2.66. The molecule has 0 heterocycles. The molecule has 0 bridgehead atoms. The van der Waals surface area contributed by atoms with Gasteiger partial charge in [0.15, 0.2) is 0 Å². The van der Waals surface area contributed by atoms with Gasteiger partial charge in [0.1, 0.15) is 5.82 Å². The first-order valence-electron chi connectivity index (χ1n) is 6.24. The lowest BCUT2D eigenvalue weighted by atomic mass is 10.1. The van der Waals surface area contributed by atoms with Crippen LogP contribution in [0.2, 0.25) is 0 Å². The van der Waals surface area contributed by atoms with Gasteiger partial charge in [-0.15, -0.1) is 0 Å².